The number of hydrogen-bond acceptors (Lipinski definition) is 9. The fourth-order valence-corrected chi connectivity index (χ4v) is 4.84. The molecule has 1 aliphatic heterocycles. The van der Waals surface area contributed by atoms with Crippen LogP contribution in [0.3, 0.4) is 0 Å². The molecule has 0 spiro atoms. The van der Waals surface area contributed by atoms with Gasteiger partial charge in [-0.1, -0.05) is 0 Å². The van der Waals surface area contributed by atoms with Crippen LogP contribution in [0.2, 0.25) is 0 Å². The lowest BCUT2D eigenvalue weighted by Crippen LogP contribution is -2.53. The van der Waals surface area contributed by atoms with Crippen LogP contribution in [0.4, 0.5) is 16.0 Å². The zero-order valence-electron chi connectivity index (χ0n) is 20.1. The van der Waals surface area contributed by atoms with Gasteiger partial charge in [-0.2, -0.15) is 5.10 Å². The summed E-state index contributed by atoms with van der Waals surface area (Å²) in [6.07, 6.45) is 2.68. The predicted octanol–water partition coefficient (Wildman–Crippen LogP) is 1.94. The van der Waals surface area contributed by atoms with Gasteiger partial charge in [0.2, 0.25) is 11.3 Å². The number of nitrogens with zero attached hydrogens (tertiary/aromatic N) is 6. The molecule has 1 amide bonds. The van der Waals surface area contributed by atoms with Crippen LogP contribution >= 0.6 is 11.3 Å². The van der Waals surface area contributed by atoms with Crippen LogP contribution in [-0.4, -0.2) is 61.5 Å². The first kappa shape index (κ1) is 24.5. The van der Waals surface area contributed by atoms with Gasteiger partial charge in [-0.05, 0) is 6.92 Å². The summed E-state index contributed by atoms with van der Waals surface area (Å²) in [5.41, 5.74) is -0.474. The van der Waals surface area contributed by atoms with Crippen molar-refractivity contribution < 1.29 is 23.8 Å². The molecule has 12 nitrogen and oxygen atoms in total. The highest BCUT2D eigenvalue weighted by Crippen LogP contribution is 2.32. The topological polar surface area (TPSA) is 144 Å². The molecule has 1 fully saturated rings. The minimum atomic E-state index is -1.43. The lowest BCUT2D eigenvalue weighted by atomic mass is 9.98. The van der Waals surface area contributed by atoms with Crippen LogP contribution in [-0.2, 0) is 23.2 Å². The fourth-order valence-electron chi connectivity index (χ4n) is 4.22. The number of hydrogen-bond donors (Lipinski definition) is 2. The minimum Gasteiger partial charge on any atom is -0.477 e. The Hall–Kier alpha value is -4.17. The molecule has 14 heteroatoms. The van der Waals surface area contributed by atoms with Crippen LogP contribution in [0.15, 0.2) is 28.6 Å². The van der Waals surface area contributed by atoms with E-state index in [1.54, 1.807) is 35.2 Å². The van der Waals surface area contributed by atoms with Crippen LogP contribution in [0.25, 0.3) is 16.2 Å². The number of methoxy groups -OCH3 is 1. The number of carboxylic acids is 1. The molecule has 1 aliphatic rings. The number of rotatable bonds is 7. The normalized spacial score (nSPS) is 13.7. The molecule has 0 saturated carbocycles. The monoisotopic (exact) mass is 527 g/mol. The summed E-state index contributed by atoms with van der Waals surface area (Å²) in [4.78, 5) is 47.5. The number of carbonyl (C=O) groups is 2. The highest BCUT2D eigenvalue weighted by Gasteiger charge is 2.36. The van der Waals surface area contributed by atoms with Crippen molar-refractivity contribution in [2.75, 3.05) is 30.4 Å². The number of aryl methyl sites for hydroxylation is 2. The van der Waals surface area contributed by atoms with Crippen molar-refractivity contribution in [3.05, 3.63) is 56.7 Å². The molecule has 4 aromatic heterocycles. The second-order valence-electron chi connectivity index (χ2n) is 8.60. The summed E-state index contributed by atoms with van der Waals surface area (Å²) in [6.45, 7) is 2.16. The Morgan fingerprint density at radius 1 is 1.35 bits per heavy atom. The molecule has 0 unspecified atom stereocenters. The first-order valence-electron chi connectivity index (χ1n) is 11.2. The summed E-state index contributed by atoms with van der Waals surface area (Å²) in [5, 5.41) is 18.5. The van der Waals surface area contributed by atoms with Crippen molar-refractivity contribution in [1.82, 2.24) is 24.3 Å². The van der Waals surface area contributed by atoms with E-state index in [1.165, 1.54) is 29.0 Å². The number of amides is 1. The van der Waals surface area contributed by atoms with E-state index in [4.69, 9.17) is 4.74 Å². The Bertz CT molecular complexity index is 1590. The maximum Gasteiger partial charge on any atom is 0.341 e. The molecular formula is C23H22FN7O5S. The van der Waals surface area contributed by atoms with Crippen molar-refractivity contribution in [1.29, 1.82) is 0 Å². The first-order valence-corrected chi connectivity index (χ1v) is 12.0. The quantitative estimate of drug-likeness (QED) is 0.368. The van der Waals surface area contributed by atoms with Gasteiger partial charge in [0.1, 0.15) is 5.56 Å². The maximum absolute atomic E-state index is 15.4. The molecule has 0 aromatic carbocycles. The third kappa shape index (κ3) is 4.23. The summed E-state index contributed by atoms with van der Waals surface area (Å²) in [5.74, 6) is -2.50. The molecule has 37 heavy (non-hydrogen) atoms. The molecule has 192 valence electrons. The van der Waals surface area contributed by atoms with Gasteiger partial charge in [0.15, 0.2) is 28.2 Å². The highest BCUT2D eigenvalue weighted by atomic mass is 32.1. The van der Waals surface area contributed by atoms with Crippen LogP contribution in [0, 0.1) is 18.7 Å². The van der Waals surface area contributed by atoms with E-state index in [-0.39, 0.29) is 41.4 Å². The van der Waals surface area contributed by atoms with Crippen molar-refractivity contribution in [2.45, 2.75) is 13.5 Å². The Labute approximate surface area is 212 Å². The standard InChI is InChI=1S/C23H22FN7O5S/c1-11-16-18(32)14(22(34)35)9-31(23-25-4-5-37-23)19(16)27-20(17(11)24)30-7-12(8-30)21(33)26-15-6-13(10-36-3)29(2)28-15/h4-6,9,12H,7-8,10H2,1-3H3,(H,34,35)(H,26,28,33). The van der Waals surface area contributed by atoms with Gasteiger partial charge in [-0.15, -0.1) is 11.3 Å². The lowest BCUT2D eigenvalue weighted by Gasteiger charge is -2.39. The van der Waals surface area contributed by atoms with Gasteiger partial charge in [-0.3, -0.25) is 18.8 Å². The van der Waals surface area contributed by atoms with E-state index >= 15 is 4.39 Å². The van der Waals surface area contributed by atoms with E-state index in [2.05, 4.69) is 20.4 Å². The SMILES string of the molecule is COCc1cc(NC(=O)C2CN(c3nc4c(c(C)c3F)c(=O)c(C(=O)O)cn4-c3nccs3)C2)nn1C. The Morgan fingerprint density at radius 3 is 2.76 bits per heavy atom. The largest absolute Gasteiger partial charge is 0.477 e. The molecule has 0 aliphatic carbocycles. The fraction of sp³-hybridized carbons (Fsp3) is 0.304. The second kappa shape index (κ2) is 9.37. The van der Waals surface area contributed by atoms with Crippen LogP contribution < -0.4 is 15.6 Å². The van der Waals surface area contributed by atoms with Crippen molar-refractivity contribution in [3.8, 4) is 5.13 Å². The number of aromatic carboxylic acids is 1. The number of thiazole rings is 1. The van der Waals surface area contributed by atoms with Gasteiger partial charge < -0.3 is 20.1 Å². The van der Waals surface area contributed by atoms with E-state index in [0.29, 0.717) is 17.6 Å². The number of aromatic nitrogens is 5. The third-order valence-electron chi connectivity index (χ3n) is 6.22. The van der Waals surface area contributed by atoms with Crippen LogP contribution in [0.5, 0.6) is 0 Å². The van der Waals surface area contributed by atoms with Gasteiger partial charge in [-0.25, -0.2) is 19.2 Å². The molecule has 5 rings (SSSR count). The van der Waals surface area contributed by atoms with Crippen molar-refractivity contribution in [3.63, 3.8) is 0 Å². The van der Waals surface area contributed by atoms with Gasteiger partial charge in [0.05, 0.1) is 23.6 Å². The maximum atomic E-state index is 15.4. The molecule has 0 radical (unpaired) electrons. The van der Waals surface area contributed by atoms with E-state index in [0.717, 1.165) is 11.9 Å². The minimum absolute atomic E-state index is 0.0227. The van der Waals surface area contributed by atoms with Gasteiger partial charge in [0.25, 0.3) is 0 Å². The molecule has 0 bridgehead atoms. The number of anilines is 2. The average Bonchev–Trinajstić information content (AvgIpc) is 3.46. The molecule has 0 atom stereocenters. The second-order valence-corrected chi connectivity index (χ2v) is 9.48. The van der Waals surface area contributed by atoms with Gasteiger partial charge in [0, 0.05) is 56.7 Å². The number of ether oxygens (including phenoxy) is 1. The highest BCUT2D eigenvalue weighted by molar-refractivity contribution is 7.12. The third-order valence-corrected chi connectivity index (χ3v) is 6.99. The summed E-state index contributed by atoms with van der Waals surface area (Å²) in [6, 6.07) is 1.72. The molecule has 1 saturated heterocycles. The zero-order valence-corrected chi connectivity index (χ0v) is 20.9. The van der Waals surface area contributed by atoms with Crippen molar-refractivity contribution in [2.24, 2.45) is 13.0 Å². The molecule has 2 N–H and O–H groups in total. The number of carboxylic acid groups (broad SMARTS) is 1. The predicted molar refractivity (Wildman–Crippen MR) is 133 cm³/mol. The van der Waals surface area contributed by atoms with E-state index in [9.17, 15) is 19.5 Å². The molecule has 4 aromatic rings. The summed E-state index contributed by atoms with van der Waals surface area (Å²) < 4.78 is 23.5. The van der Waals surface area contributed by atoms with E-state index in [1.807, 2.05) is 0 Å². The number of halogens is 1. The van der Waals surface area contributed by atoms with Crippen LogP contribution in [0.1, 0.15) is 21.6 Å². The number of pyridine rings is 2. The van der Waals surface area contributed by atoms with E-state index < -0.39 is 28.7 Å². The Balaban J connectivity index is 1.45. The smallest absolute Gasteiger partial charge is 0.341 e. The van der Waals surface area contributed by atoms with Gasteiger partial charge >= 0.3 is 5.97 Å². The number of carbonyl (C=O) groups excluding carboxylic acids is 1. The number of fused-ring (bicyclic) bond motifs is 1. The zero-order chi connectivity index (χ0) is 26.4. The molecule has 5 heterocycles. The number of nitrogens with one attached hydrogen (secondary N) is 1. The lowest BCUT2D eigenvalue weighted by molar-refractivity contribution is -0.120. The summed E-state index contributed by atoms with van der Waals surface area (Å²) in [7, 11) is 3.31. The Morgan fingerprint density at radius 2 is 2.11 bits per heavy atom. The first-order chi connectivity index (χ1) is 17.7. The Kier molecular flexibility index (Phi) is 6.21. The molecular weight excluding hydrogens is 505 g/mol. The average molecular weight is 528 g/mol. The van der Waals surface area contributed by atoms with Crippen molar-refractivity contribution >= 4 is 45.9 Å². The summed E-state index contributed by atoms with van der Waals surface area (Å²) >= 11 is 1.21.